The molecule has 0 saturated heterocycles. The number of carbonyl (C=O) groups excluding carboxylic acids is 1. The molecule has 1 amide bonds. The quantitative estimate of drug-likeness (QED) is 0.747. The molecule has 0 spiro atoms. The van der Waals surface area contributed by atoms with Crippen LogP contribution in [0.25, 0.3) is 0 Å². The fourth-order valence-electron chi connectivity index (χ4n) is 2.37. The Morgan fingerprint density at radius 2 is 1.88 bits per heavy atom. The van der Waals surface area contributed by atoms with Gasteiger partial charge in [0.2, 0.25) is 0 Å². The number of ether oxygens (including phenoxy) is 1. The van der Waals surface area contributed by atoms with Crippen LogP contribution in [0.4, 0.5) is 0 Å². The van der Waals surface area contributed by atoms with Crippen molar-refractivity contribution in [2.75, 3.05) is 7.05 Å². The van der Waals surface area contributed by atoms with Gasteiger partial charge in [0.15, 0.2) is 11.9 Å². The minimum atomic E-state index is -0.386. The van der Waals surface area contributed by atoms with Gasteiger partial charge < -0.3 is 14.6 Å². The molecule has 1 atom stereocenters. The van der Waals surface area contributed by atoms with Crippen molar-refractivity contribution in [3.05, 3.63) is 77.4 Å². The van der Waals surface area contributed by atoms with E-state index < -0.39 is 0 Å². The van der Waals surface area contributed by atoms with E-state index in [1.54, 1.807) is 31.3 Å². The molecule has 0 aliphatic carbocycles. The predicted molar refractivity (Wildman–Crippen MR) is 92.4 cm³/mol. The first-order valence-corrected chi connectivity index (χ1v) is 8.01. The van der Waals surface area contributed by atoms with E-state index in [9.17, 15) is 4.79 Å². The molecule has 128 valence electrons. The van der Waals surface area contributed by atoms with Crippen LogP contribution in [0.3, 0.4) is 0 Å². The lowest BCUT2D eigenvalue weighted by atomic mass is 10.1. The van der Waals surface area contributed by atoms with Crippen molar-refractivity contribution in [2.24, 2.45) is 0 Å². The van der Waals surface area contributed by atoms with Crippen LogP contribution < -0.4 is 10.1 Å². The minimum absolute atomic E-state index is 0.137. The van der Waals surface area contributed by atoms with Crippen LogP contribution in [0.15, 0.2) is 59.1 Å². The predicted octanol–water partition coefficient (Wildman–Crippen LogP) is 3.16. The average Bonchev–Trinajstić information content (AvgIpc) is 3.11. The Bertz CT molecular complexity index is 829. The first-order valence-electron chi connectivity index (χ1n) is 8.01. The highest BCUT2D eigenvalue weighted by Crippen LogP contribution is 2.21. The zero-order chi connectivity index (χ0) is 17.6. The summed E-state index contributed by atoms with van der Waals surface area (Å²) in [5, 5.41) is 6.58. The third-order valence-corrected chi connectivity index (χ3v) is 3.69. The van der Waals surface area contributed by atoms with E-state index in [0.717, 1.165) is 5.56 Å². The van der Waals surface area contributed by atoms with E-state index in [0.29, 0.717) is 29.4 Å². The van der Waals surface area contributed by atoms with Gasteiger partial charge in [-0.1, -0.05) is 35.5 Å². The molecule has 2 aromatic carbocycles. The average molecular weight is 337 g/mol. The summed E-state index contributed by atoms with van der Waals surface area (Å²) >= 11 is 0. The Kier molecular flexibility index (Phi) is 5.09. The van der Waals surface area contributed by atoms with Crippen LogP contribution in [0.2, 0.25) is 0 Å². The number of nitrogens with one attached hydrogen (secondary N) is 1. The molecule has 0 fully saturated rings. The molecule has 0 aliphatic heterocycles. The van der Waals surface area contributed by atoms with Crippen molar-refractivity contribution in [1.82, 2.24) is 15.5 Å². The molecule has 3 rings (SSSR count). The molecule has 1 heterocycles. The van der Waals surface area contributed by atoms with E-state index in [-0.39, 0.29) is 12.0 Å². The maximum atomic E-state index is 11.5. The second-order valence-electron chi connectivity index (χ2n) is 5.57. The van der Waals surface area contributed by atoms with E-state index in [2.05, 4.69) is 15.5 Å². The largest absolute Gasteiger partial charge is 0.481 e. The maximum Gasteiger partial charge on any atom is 0.267 e. The summed E-state index contributed by atoms with van der Waals surface area (Å²) in [4.78, 5) is 15.9. The Hall–Kier alpha value is -3.15. The molecule has 1 N–H and O–H groups in total. The van der Waals surface area contributed by atoms with Crippen molar-refractivity contribution in [2.45, 2.75) is 19.4 Å². The third-order valence-electron chi connectivity index (χ3n) is 3.69. The van der Waals surface area contributed by atoms with Gasteiger partial charge in [-0.15, -0.1) is 0 Å². The summed E-state index contributed by atoms with van der Waals surface area (Å²) in [6, 6.07) is 16.8. The first-order chi connectivity index (χ1) is 12.2. The minimum Gasteiger partial charge on any atom is -0.481 e. The van der Waals surface area contributed by atoms with Crippen molar-refractivity contribution < 1.29 is 14.1 Å². The van der Waals surface area contributed by atoms with Crippen molar-refractivity contribution in [3.8, 4) is 5.75 Å². The van der Waals surface area contributed by atoms with Gasteiger partial charge in [-0.2, -0.15) is 4.98 Å². The molecule has 0 aliphatic rings. The summed E-state index contributed by atoms with van der Waals surface area (Å²) in [6.45, 7) is 1.84. The molecular weight excluding hydrogens is 318 g/mol. The number of amides is 1. The molecule has 6 nitrogen and oxygen atoms in total. The number of aromatic nitrogens is 2. The van der Waals surface area contributed by atoms with Gasteiger partial charge >= 0.3 is 0 Å². The normalized spacial score (nSPS) is 11.8. The van der Waals surface area contributed by atoms with Gasteiger partial charge in [0.1, 0.15) is 5.75 Å². The highest BCUT2D eigenvalue weighted by Gasteiger charge is 2.16. The topological polar surface area (TPSA) is 77.2 Å². The lowest BCUT2D eigenvalue weighted by Gasteiger charge is -2.11. The highest BCUT2D eigenvalue weighted by molar-refractivity contribution is 5.94. The van der Waals surface area contributed by atoms with E-state index >= 15 is 0 Å². The van der Waals surface area contributed by atoms with Crippen molar-refractivity contribution >= 4 is 5.91 Å². The van der Waals surface area contributed by atoms with E-state index in [4.69, 9.17) is 9.26 Å². The molecule has 0 radical (unpaired) electrons. The van der Waals surface area contributed by atoms with Crippen molar-refractivity contribution in [1.29, 1.82) is 0 Å². The molecule has 1 unspecified atom stereocenters. The number of carbonyl (C=O) groups is 1. The number of nitrogens with zero attached hydrogens (tertiary/aromatic N) is 2. The van der Waals surface area contributed by atoms with Gasteiger partial charge in [-0.05, 0) is 36.8 Å². The Morgan fingerprint density at radius 1 is 1.16 bits per heavy atom. The molecule has 0 bridgehead atoms. The highest BCUT2D eigenvalue weighted by atomic mass is 16.5. The smallest absolute Gasteiger partial charge is 0.267 e. The van der Waals surface area contributed by atoms with Gasteiger partial charge in [0.05, 0.1) is 0 Å². The van der Waals surface area contributed by atoms with Gasteiger partial charge in [-0.25, -0.2) is 0 Å². The monoisotopic (exact) mass is 337 g/mol. The van der Waals surface area contributed by atoms with Crippen LogP contribution >= 0.6 is 0 Å². The fourth-order valence-corrected chi connectivity index (χ4v) is 2.37. The van der Waals surface area contributed by atoms with Crippen LogP contribution in [-0.2, 0) is 6.42 Å². The molecule has 3 aromatic rings. The Balaban J connectivity index is 1.63. The maximum absolute atomic E-state index is 11.5. The Morgan fingerprint density at radius 3 is 2.56 bits per heavy atom. The zero-order valence-electron chi connectivity index (χ0n) is 14.1. The van der Waals surface area contributed by atoms with Crippen LogP contribution in [-0.4, -0.2) is 23.1 Å². The number of benzene rings is 2. The third kappa shape index (κ3) is 4.23. The summed E-state index contributed by atoms with van der Waals surface area (Å²) in [5.41, 5.74) is 1.69. The lowest BCUT2D eigenvalue weighted by Crippen LogP contribution is -2.17. The molecule has 0 saturated carbocycles. The van der Waals surface area contributed by atoms with Crippen LogP contribution in [0.1, 0.15) is 40.7 Å². The van der Waals surface area contributed by atoms with E-state index in [1.165, 1.54) is 0 Å². The fraction of sp³-hybridized carbons (Fsp3) is 0.211. The number of hydrogen-bond acceptors (Lipinski definition) is 5. The van der Waals surface area contributed by atoms with Crippen molar-refractivity contribution in [3.63, 3.8) is 0 Å². The van der Waals surface area contributed by atoms with Gasteiger partial charge in [0, 0.05) is 19.0 Å². The number of rotatable bonds is 6. The first kappa shape index (κ1) is 16.7. The van der Waals surface area contributed by atoms with Gasteiger partial charge in [-0.3, -0.25) is 4.79 Å². The SMILES string of the molecule is CNC(=O)c1ccc(OC(C)c2nc(Cc3ccccc3)no2)cc1. The summed E-state index contributed by atoms with van der Waals surface area (Å²) < 4.78 is 11.1. The molecule has 25 heavy (non-hydrogen) atoms. The molecule has 6 heteroatoms. The van der Waals surface area contributed by atoms with E-state index in [1.807, 2.05) is 37.3 Å². The number of hydrogen-bond donors (Lipinski definition) is 1. The van der Waals surface area contributed by atoms with Crippen LogP contribution in [0, 0.1) is 0 Å². The zero-order valence-corrected chi connectivity index (χ0v) is 14.1. The second-order valence-corrected chi connectivity index (χ2v) is 5.57. The second kappa shape index (κ2) is 7.61. The summed E-state index contributed by atoms with van der Waals surface area (Å²) in [7, 11) is 1.59. The molecular formula is C19H19N3O3. The summed E-state index contributed by atoms with van der Waals surface area (Å²) in [5.74, 6) is 1.53. The lowest BCUT2D eigenvalue weighted by molar-refractivity contribution is 0.0963. The standard InChI is InChI=1S/C19H19N3O3/c1-13(24-16-10-8-15(9-11-16)18(23)20-2)19-21-17(22-25-19)12-14-6-4-3-5-7-14/h3-11,13H,12H2,1-2H3,(H,20,23). The van der Waals surface area contributed by atoms with Crippen LogP contribution in [0.5, 0.6) is 5.75 Å². The Labute approximate surface area is 145 Å². The summed E-state index contributed by atoms with van der Waals surface area (Å²) in [6.07, 6.45) is 0.223. The molecule has 1 aromatic heterocycles. The van der Waals surface area contributed by atoms with Gasteiger partial charge in [0.25, 0.3) is 11.8 Å².